The molecule has 0 fully saturated rings. The summed E-state index contributed by atoms with van der Waals surface area (Å²) in [5.41, 5.74) is -0.419. The third kappa shape index (κ3) is 7.90. The van der Waals surface area contributed by atoms with Crippen LogP contribution < -0.4 is 5.32 Å². The van der Waals surface area contributed by atoms with E-state index < -0.39 is 11.6 Å². The molecule has 0 aliphatic rings. The van der Waals surface area contributed by atoms with Crippen LogP contribution in [0.25, 0.3) is 0 Å². The van der Waals surface area contributed by atoms with Crippen molar-refractivity contribution in [1.82, 2.24) is 10.2 Å². The molecule has 0 rings (SSSR count). The molecule has 0 aliphatic carbocycles. The summed E-state index contributed by atoms with van der Waals surface area (Å²) in [7, 11) is 3.79. The van der Waals surface area contributed by atoms with Crippen LogP contribution >= 0.6 is 0 Å². The van der Waals surface area contributed by atoms with E-state index in [0.29, 0.717) is 31.6 Å². The lowest BCUT2D eigenvalue weighted by Gasteiger charge is -2.27. The normalized spacial score (nSPS) is 16.0. The van der Waals surface area contributed by atoms with Crippen LogP contribution in [0.3, 0.4) is 0 Å². The highest BCUT2D eigenvalue weighted by Crippen LogP contribution is 2.03. The summed E-state index contributed by atoms with van der Waals surface area (Å²) in [5.74, 6) is -0.880. The molecule has 0 bridgehead atoms. The Morgan fingerprint density at radius 1 is 1.47 bits per heavy atom. The molecule has 0 aromatic heterocycles. The number of aliphatic hydroxyl groups is 1. The number of carbonyl (C=O) groups is 1. The number of rotatable bonds is 8. The van der Waals surface area contributed by atoms with Gasteiger partial charge < -0.3 is 20.4 Å². The minimum absolute atomic E-state index is 0.393. The summed E-state index contributed by atoms with van der Waals surface area (Å²) in [6.45, 7) is 5.00. The van der Waals surface area contributed by atoms with Gasteiger partial charge in [0.2, 0.25) is 0 Å². The van der Waals surface area contributed by atoms with Crippen LogP contribution in [0.5, 0.6) is 0 Å². The van der Waals surface area contributed by atoms with Gasteiger partial charge >= 0.3 is 5.97 Å². The first-order valence-electron chi connectivity index (χ1n) is 5.78. The summed E-state index contributed by atoms with van der Waals surface area (Å²) in [6.07, 6.45) is 2.15. The van der Waals surface area contributed by atoms with Crippen LogP contribution in [0.1, 0.15) is 20.3 Å². The Kier molecular flexibility index (Phi) is 7.03. The fourth-order valence-electron chi connectivity index (χ4n) is 1.66. The third-order valence-electron chi connectivity index (χ3n) is 2.31. The Hall–Kier alpha value is -0.910. The van der Waals surface area contributed by atoms with Crippen LogP contribution in [0.15, 0.2) is 11.6 Å². The van der Waals surface area contributed by atoms with Crippen molar-refractivity contribution in [2.75, 3.05) is 33.7 Å². The van der Waals surface area contributed by atoms with E-state index in [0.717, 1.165) is 0 Å². The monoisotopic (exact) mass is 244 g/mol. The smallest absolute Gasteiger partial charge is 0.331 e. The quantitative estimate of drug-likeness (QED) is 0.423. The highest BCUT2D eigenvalue weighted by Gasteiger charge is 2.20. The number of hydrogen-bond acceptors (Lipinski definition) is 4. The number of hydrogen-bond donors (Lipinski definition) is 3. The van der Waals surface area contributed by atoms with Crippen molar-refractivity contribution in [3.05, 3.63) is 11.6 Å². The van der Waals surface area contributed by atoms with Crippen molar-refractivity contribution in [2.45, 2.75) is 25.9 Å². The predicted octanol–water partition coefficient (Wildman–Crippen LogP) is 0.310. The lowest BCUT2D eigenvalue weighted by Crippen LogP contribution is -2.45. The van der Waals surface area contributed by atoms with Crippen molar-refractivity contribution in [3.63, 3.8) is 0 Å². The first-order chi connectivity index (χ1) is 7.78. The number of carboxylic acids is 1. The van der Waals surface area contributed by atoms with Crippen molar-refractivity contribution >= 4 is 5.97 Å². The molecule has 3 N–H and O–H groups in total. The SMILES string of the molecule is CCC(=CCNCC(C)(O)CN(C)C)C(=O)O. The molecule has 1 atom stereocenters. The predicted molar refractivity (Wildman–Crippen MR) is 68.1 cm³/mol. The average Bonchev–Trinajstić information content (AvgIpc) is 2.14. The van der Waals surface area contributed by atoms with Crippen LogP contribution in [-0.2, 0) is 4.79 Å². The molecular weight excluding hydrogens is 220 g/mol. The maximum atomic E-state index is 10.7. The van der Waals surface area contributed by atoms with Gasteiger partial charge in [0, 0.05) is 25.2 Å². The fraction of sp³-hybridized carbons (Fsp3) is 0.750. The van der Waals surface area contributed by atoms with Crippen molar-refractivity contribution in [2.24, 2.45) is 0 Å². The van der Waals surface area contributed by atoms with Gasteiger partial charge in [-0.15, -0.1) is 0 Å². The highest BCUT2D eigenvalue weighted by atomic mass is 16.4. The molecule has 0 saturated heterocycles. The summed E-state index contributed by atoms with van der Waals surface area (Å²) in [6, 6.07) is 0. The maximum Gasteiger partial charge on any atom is 0.331 e. The number of carboxylic acid groups (broad SMARTS) is 1. The second-order valence-electron chi connectivity index (χ2n) is 4.75. The fourth-order valence-corrected chi connectivity index (χ4v) is 1.66. The standard InChI is InChI=1S/C12H24N2O3/c1-5-10(11(15)16)6-7-13-8-12(2,17)9-14(3)4/h6,13,17H,5,7-9H2,1-4H3,(H,15,16). The summed E-state index contributed by atoms with van der Waals surface area (Å²) in [4.78, 5) is 12.6. The van der Waals surface area contributed by atoms with Crippen molar-refractivity contribution in [1.29, 1.82) is 0 Å². The van der Waals surface area contributed by atoms with E-state index in [1.807, 2.05) is 25.9 Å². The molecule has 0 aliphatic heterocycles. The van der Waals surface area contributed by atoms with E-state index in [1.54, 1.807) is 13.0 Å². The highest BCUT2D eigenvalue weighted by molar-refractivity contribution is 5.86. The Morgan fingerprint density at radius 3 is 2.47 bits per heavy atom. The molecule has 5 heteroatoms. The van der Waals surface area contributed by atoms with Crippen LogP contribution in [0.2, 0.25) is 0 Å². The lowest BCUT2D eigenvalue weighted by molar-refractivity contribution is -0.132. The zero-order valence-corrected chi connectivity index (χ0v) is 11.2. The Morgan fingerprint density at radius 2 is 2.06 bits per heavy atom. The van der Waals surface area contributed by atoms with Crippen molar-refractivity contribution in [3.8, 4) is 0 Å². The minimum atomic E-state index is -0.880. The van der Waals surface area contributed by atoms with Gasteiger partial charge in [-0.2, -0.15) is 0 Å². The first kappa shape index (κ1) is 16.1. The van der Waals surface area contributed by atoms with Gasteiger partial charge in [0.1, 0.15) is 0 Å². The van der Waals surface area contributed by atoms with Crippen LogP contribution in [0.4, 0.5) is 0 Å². The molecule has 0 aromatic rings. The molecule has 0 saturated carbocycles. The zero-order valence-electron chi connectivity index (χ0n) is 11.2. The molecule has 100 valence electrons. The van der Waals surface area contributed by atoms with E-state index in [2.05, 4.69) is 5.32 Å². The number of nitrogens with zero attached hydrogens (tertiary/aromatic N) is 1. The van der Waals surface area contributed by atoms with E-state index in [1.165, 1.54) is 0 Å². The molecule has 0 amide bonds. The van der Waals surface area contributed by atoms with Gasteiger partial charge in [-0.3, -0.25) is 0 Å². The number of likely N-dealkylation sites (N-methyl/N-ethyl adjacent to an activating group) is 1. The largest absolute Gasteiger partial charge is 0.478 e. The first-order valence-corrected chi connectivity index (χ1v) is 5.78. The number of aliphatic carboxylic acids is 1. The Bertz CT molecular complexity index is 273. The van der Waals surface area contributed by atoms with Crippen LogP contribution in [-0.4, -0.2) is 60.4 Å². The molecular formula is C12H24N2O3. The van der Waals surface area contributed by atoms with Crippen LogP contribution in [0, 0.1) is 0 Å². The summed E-state index contributed by atoms with van der Waals surface area (Å²) < 4.78 is 0. The van der Waals surface area contributed by atoms with Gasteiger partial charge in [0.05, 0.1) is 5.60 Å². The molecule has 1 unspecified atom stereocenters. The second kappa shape index (κ2) is 7.42. The topological polar surface area (TPSA) is 72.8 Å². The molecule has 0 radical (unpaired) electrons. The van der Waals surface area contributed by atoms with E-state index >= 15 is 0 Å². The molecule has 0 heterocycles. The maximum absolute atomic E-state index is 10.7. The minimum Gasteiger partial charge on any atom is -0.478 e. The second-order valence-corrected chi connectivity index (χ2v) is 4.75. The average molecular weight is 244 g/mol. The lowest BCUT2D eigenvalue weighted by atomic mass is 10.1. The molecule has 5 nitrogen and oxygen atoms in total. The summed E-state index contributed by atoms with van der Waals surface area (Å²) in [5, 5.41) is 21.8. The number of nitrogens with one attached hydrogen (secondary N) is 1. The zero-order chi connectivity index (χ0) is 13.5. The van der Waals surface area contributed by atoms with Crippen molar-refractivity contribution < 1.29 is 15.0 Å². The van der Waals surface area contributed by atoms with Gasteiger partial charge in [0.25, 0.3) is 0 Å². The van der Waals surface area contributed by atoms with E-state index in [9.17, 15) is 9.90 Å². The molecule has 0 aromatic carbocycles. The van der Waals surface area contributed by atoms with Gasteiger partial charge in [0.15, 0.2) is 0 Å². The van der Waals surface area contributed by atoms with E-state index in [4.69, 9.17) is 5.11 Å². The van der Waals surface area contributed by atoms with Gasteiger partial charge in [-0.25, -0.2) is 4.79 Å². The third-order valence-corrected chi connectivity index (χ3v) is 2.31. The Balaban J connectivity index is 4.02. The summed E-state index contributed by atoms with van der Waals surface area (Å²) >= 11 is 0. The molecule has 0 spiro atoms. The van der Waals surface area contributed by atoms with E-state index in [-0.39, 0.29) is 0 Å². The van der Waals surface area contributed by atoms with Gasteiger partial charge in [-0.05, 0) is 27.4 Å². The Labute approximate surface area is 103 Å². The van der Waals surface area contributed by atoms with Gasteiger partial charge in [-0.1, -0.05) is 13.0 Å². The molecule has 17 heavy (non-hydrogen) atoms.